The van der Waals surface area contributed by atoms with E-state index in [0.29, 0.717) is 26.7 Å². The lowest BCUT2D eigenvalue weighted by atomic mass is 10.2. The smallest absolute Gasteiger partial charge is 0.341 e. The van der Waals surface area contributed by atoms with Gasteiger partial charge < -0.3 is 19.9 Å². The Morgan fingerprint density at radius 3 is 2.96 bits per heavy atom. The van der Waals surface area contributed by atoms with Gasteiger partial charge in [-0.3, -0.25) is 4.79 Å². The minimum atomic E-state index is -1.09. The van der Waals surface area contributed by atoms with Gasteiger partial charge in [0.15, 0.2) is 23.3 Å². The van der Waals surface area contributed by atoms with E-state index in [2.05, 4.69) is 31.4 Å². The van der Waals surface area contributed by atoms with Crippen molar-refractivity contribution in [2.24, 2.45) is 10.2 Å². The Morgan fingerprint density at radius 2 is 2.35 bits per heavy atom. The molecule has 10 heteroatoms. The molecule has 122 valence electrons. The molecule has 23 heavy (non-hydrogen) atoms. The number of hydrogen-bond donors (Lipinski definition) is 2. The molecule has 2 N–H and O–H groups in total. The molecule has 1 heterocycles. The van der Waals surface area contributed by atoms with Gasteiger partial charge in [-0.25, -0.2) is 4.79 Å². The number of carbonyl (C=O) groups excluding carboxylic acids is 1. The minimum Gasteiger partial charge on any atom is -0.493 e. The van der Waals surface area contributed by atoms with E-state index in [1.807, 2.05) is 0 Å². The number of hydrogen-bond acceptors (Lipinski definition) is 7. The van der Waals surface area contributed by atoms with Crippen molar-refractivity contribution in [3.8, 4) is 11.5 Å². The van der Waals surface area contributed by atoms with Crippen molar-refractivity contribution >= 4 is 51.0 Å². The molecule has 0 aliphatic carbocycles. The summed E-state index contributed by atoms with van der Waals surface area (Å²) in [4.78, 5) is 21.6. The topological polar surface area (TPSA) is 110 Å². The van der Waals surface area contributed by atoms with Crippen molar-refractivity contribution in [1.82, 2.24) is 5.32 Å². The van der Waals surface area contributed by atoms with Crippen molar-refractivity contribution in [2.75, 3.05) is 19.5 Å². The van der Waals surface area contributed by atoms with Crippen LogP contribution in [0, 0.1) is 0 Å². The van der Waals surface area contributed by atoms with Gasteiger partial charge in [-0.05, 0) is 33.6 Å². The standard InChI is InChI=1S/C13H12BrN3O5S/c1-21-9-3-7(2-8(14)12(9)22-5-11(19)20)4-15-17-13-16-10(18)6-23-13/h2-4H,5-6H2,1H3,(H,19,20)(H,16,17,18). The van der Waals surface area contributed by atoms with Gasteiger partial charge >= 0.3 is 5.97 Å². The van der Waals surface area contributed by atoms with Crippen LogP contribution < -0.4 is 14.8 Å². The van der Waals surface area contributed by atoms with Gasteiger partial charge in [0.05, 0.1) is 23.5 Å². The average molecular weight is 402 g/mol. The lowest BCUT2D eigenvalue weighted by Crippen LogP contribution is -2.19. The maximum absolute atomic E-state index is 11.0. The summed E-state index contributed by atoms with van der Waals surface area (Å²) in [6.07, 6.45) is 1.48. The molecule has 0 saturated carbocycles. The number of halogens is 1. The molecule has 8 nitrogen and oxygen atoms in total. The fourth-order valence-corrected chi connectivity index (χ4v) is 2.82. The number of ether oxygens (including phenoxy) is 2. The van der Waals surface area contributed by atoms with Crippen molar-refractivity contribution in [2.45, 2.75) is 0 Å². The molecule has 2 rings (SSSR count). The molecule has 1 aliphatic heterocycles. The molecule has 1 aromatic carbocycles. The summed E-state index contributed by atoms with van der Waals surface area (Å²) in [7, 11) is 1.45. The Morgan fingerprint density at radius 1 is 1.57 bits per heavy atom. The van der Waals surface area contributed by atoms with Crippen molar-refractivity contribution in [3.63, 3.8) is 0 Å². The quantitative estimate of drug-likeness (QED) is 0.551. The second-order valence-corrected chi connectivity index (χ2v) is 6.02. The molecule has 1 fully saturated rings. The van der Waals surface area contributed by atoms with E-state index in [0.717, 1.165) is 0 Å². The zero-order valence-electron chi connectivity index (χ0n) is 11.9. The largest absolute Gasteiger partial charge is 0.493 e. The number of thioether (sulfide) groups is 1. The third-order valence-corrected chi connectivity index (χ3v) is 3.99. The summed E-state index contributed by atoms with van der Waals surface area (Å²) in [6, 6.07) is 3.32. The van der Waals surface area contributed by atoms with Crippen LogP contribution in [0.3, 0.4) is 0 Å². The Kier molecular flexibility index (Phi) is 5.99. The van der Waals surface area contributed by atoms with Gasteiger partial charge in [0, 0.05) is 0 Å². The first kappa shape index (κ1) is 17.3. The number of nitrogens with one attached hydrogen (secondary N) is 1. The SMILES string of the molecule is COc1cc(C=NN=C2NC(=O)CS2)cc(Br)c1OCC(=O)O. The number of carbonyl (C=O) groups is 2. The summed E-state index contributed by atoms with van der Waals surface area (Å²) in [6.45, 7) is -0.479. The van der Waals surface area contributed by atoms with E-state index in [-0.39, 0.29) is 11.7 Å². The van der Waals surface area contributed by atoms with Crippen LogP contribution in [0.15, 0.2) is 26.8 Å². The number of amides is 1. The highest BCUT2D eigenvalue weighted by Gasteiger charge is 2.16. The number of nitrogens with zero attached hydrogens (tertiary/aromatic N) is 2. The molecule has 0 spiro atoms. The summed E-state index contributed by atoms with van der Waals surface area (Å²) >= 11 is 4.57. The fraction of sp³-hybridized carbons (Fsp3) is 0.231. The van der Waals surface area contributed by atoms with Crippen LogP contribution in [-0.4, -0.2) is 47.8 Å². The van der Waals surface area contributed by atoms with Crippen molar-refractivity contribution in [3.05, 3.63) is 22.2 Å². The van der Waals surface area contributed by atoms with Gasteiger partial charge in [0.25, 0.3) is 0 Å². The van der Waals surface area contributed by atoms with Crippen LogP contribution in [0.2, 0.25) is 0 Å². The molecule has 1 saturated heterocycles. The van der Waals surface area contributed by atoms with E-state index >= 15 is 0 Å². The first-order chi connectivity index (χ1) is 11.0. The molecule has 0 unspecified atom stereocenters. The minimum absolute atomic E-state index is 0.103. The second-order valence-electron chi connectivity index (χ2n) is 4.20. The number of carboxylic acid groups (broad SMARTS) is 1. The van der Waals surface area contributed by atoms with Crippen LogP contribution in [0.25, 0.3) is 0 Å². The average Bonchev–Trinajstić information content (AvgIpc) is 2.91. The van der Waals surface area contributed by atoms with E-state index < -0.39 is 12.6 Å². The van der Waals surface area contributed by atoms with Gasteiger partial charge in [0.1, 0.15) is 0 Å². The Labute approximate surface area is 144 Å². The van der Waals surface area contributed by atoms with Gasteiger partial charge in [-0.15, -0.1) is 5.10 Å². The number of amidine groups is 1. The zero-order chi connectivity index (χ0) is 16.8. The van der Waals surface area contributed by atoms with Crippen molar-refractivity contribution in [1.29, 1.82) is 0 Å². The molecular formula is C13H12BrN3O5S. The predicted octanol–water partition coefficient (Wildman–Crippen LogP) is 1.47. The normalized spacial score (nSPS) is 15.9. The lowest BCUT2D eigenvalue weighted by Gasteiger charge is -2.11. The molecule has 0 atom stereocenters. The molecule has 0 bridgehead atoms. The number of benzene rings is 1. The van der Waals surface area contributed by atoms with E-state index in [1.54, 1.807) is 12.1 Å². The van der Waals surface area contributed by atoms with E-state index in [1.165, 1.54) is 25.1 Å². The molecule has 1 aromatic rings. The number of aliphatic carboxylic acids is 1. The van der Waals surface area contributed by atoms with E-state index in [4.69, 9.17) is 14.6 Å². The summed E-state index contributed by atoms with van der Waals surface area (Å²) < 4.78 is 10.9. The zero-order valence-corrected chi connectivity index (χ0v) is 14.3. The number of methoxy groups -OCH3 is 1. The number of rotatable bonds is 6. The lowest BCUT2D eigenvalue weighted by molar-refractivity contribution is -0.139. The third kappa shape index (κ3) is 4.96. The van der Waals surface area contributed by atoms with Crippen molar-refractivity contribution < 1.29 is 24.2 Å². The monoisotopic (exact) mass is 401 g/mol. The van der Waals surface area contributed by atoms with Crippen LogP contribution in [0.1, 0.15) is 5.56 Å². The van der Waals surface area contributed by atoms with Crippen LogP contribution in [-0.2, 0) is 9.59 Å². The van der Waals surface area contributed by atoms with Crippen LogP contribution >= 0.6 is 27.7 Å². The summed E-state index contributed by atoms with van der Waals surface area (Å²) in [5, 5.41) is 19.5. The predicted molar refractivity (Wildman–Crippen MR) is 89.5 cm³/mol. The number of carboxylic acids is 1. The Hall–Kier alpha value is -2.07. The summed E-state index contributed by atoms with van der Waals surface area (Å²) in [5.74, 6) is -0.205. The second kappa shape index (κ2) is 7.97. The third-order valence-electron chi connectivity index (χ3n) is 2.53. The summed E-state index contributed by atoms with van der Waals surface area (Å²) in [5.41, 5.74) is 0.662. The maximum Gasteiger partial charge on any atom is 0.341 e. The molecule has 0 aromatic heterocycles. The highest BCUT2D eigenvalue weighted by atomic mass is 79.9. The van der Waals surface area contributed by atoms with Crippen LogP contribution in [0.4, 0.5) is 0 Å². The molecule has 1 aliphatic rings. The first-order valence-corrected chi connectivity index (χ1v) is 8.03. The van der Waals surface area contributed by atoms with Gasteiger partial charge in [-0.1, -0.05) is 11.8 Å². The highest BCUT2D eigenvalue weighted by molar-refractivity contribution is 9.10. The molecular weight excluding hydrogens is 390 g/mol. The van der Waals surface area contributed by atoms with Crippen LogP contribution in [0.5, 0.6) is 11.5 Å². The Bertz CT molecular complexity index is 692. The fourth-order valence-electron chi connectivity index (χ4n) is 1.62. The van der Waals surface area contributed by atoms with Gasteiger partial charge in [0.2, 0.25) is 5.91 Å². The molecule has 1 amide bonds. The van der Waals surface area contributed by atoms with E-state index in [9.17, 15) is 9.59 Å². The first-order valence-electron chi connectivity index (χ1n) is 6.25. The van der Waals surface area contributed by atoms with Gasteiger partial charge in [-0.2, -0.15) is 5.10 Å². The maximum atomic E-state index is 11.0. The highest BCUT2D eigenvalue weighted by Crippen LogP contribution is 2.36. The Balaban J connectivity index is 2.15. The molecule has 0 radical (unpaired) electrons.